The van der Waals surface area contributed by atoms with Gasteiger partial charge in [-0.05, 0) is 6.92 Å². The van der Waals surface area contributed by atoms with E-state index >= 15 is 0 Å². The number of nitrogens with two attached hydrogens (primary N) is 3. The van der Waals surface area contributed by atoms with Gasteiger partial charge >= 0.3 is 0 Å². The lowest BCUT2D eigenvalue weighted by molar-refractivity contribution is 0.381. The van der Waals surface area contributed by atoms with Crippen LogP contribution in [0.2, 0.25) is 0 Å². The van der Waals surface area contributed by atoms with Crippen LogP contribution in [0.5, 0.6) is 0 Å². The van der Waals surface area contributed by atoms with Crippen molar-refractivity contribution >= 4 is 11.9 Å². The lowest BCUT2D eigenvalue weighted by Gasteiger charge is -1.92. The summed E-state index contributed by atoms with van der Waals surface area (Å²) in [4.78, 5) is 7.40. The molecule has 0 aliphatic rings. The van der Waals surface area contributed by atoms with Gasteiger partial charge in [-0.2, -0.15) is 4.99 Å². The molecule has 7 heteroatoms. The monoisotopic (exact) mass is 196 g/mol. The number of hydrogen-bond donors (Lipinski definition) is 3. The van der Waals surface area contributed by atoms with Crippen molar-refractivity contribution in [3.05, 3.63) is 17.5 Å². The highest BCUT2D eigenvalue weighted by Crippen LogP contribution is 2.03. The molecule has 1 heterocycles. The summed E-state index contributed by atoms with van der Waals surface area (Å²) in [5, 5.41) is 3.69. The smallest absolute Gasteiger partial charge is 0.218 e. The van der Waals surface area contributed by atoms with Crippen LogP contribution in [0.25, 0.3) is 0 Å². The summed E-state index contributed by atoms with van der Waals surface area (Å²) >= 11 is 0. The van der Waals surface area contributed by atoms with Gasteiger partial charge in [0.1, 0.15) is 6.54 Å². The van der Waals surface area contributed by atoms with Crippen LogP contribution in [-0.2, 0) is 6.54 Å². The van der Waals surface area contributed by atoms with Crippen molar-refractivity contribution in [2.75, 3.05) is 0 Å². The van der Waals surface area contributed by atoms with Gasteiger partial charge in [0, 0.05) is 6.07 Å². The number of nitrogens with zero attached hydrogens (tertiary/aromatic N) is 3. The van der Waals surface area contributed by atoms with Gasteiger partial charge in [-0.1, -0.05) is 5.16 Å². The first-order valence-corrected chi connectivity index (χ1v) is 3.89. The molecule has 0 saturated heterocycles. The fourth-order valence-electron chi connectivity index (χ4n) is 0.817. The number of aliphatic imine (C=N–C) groups is 2. The Morgan fingerprint density at radius 3 is 2.71 bits per heavy atom. The minimum Gasteiger partial charge on any atom is -0.370 e. The number of hydrogen-bond acceptors (Lipinski definition) is 3. The fourth-order valence-corrected chi connectivity index (χ4v) is 0.817. The van der Waals surface area contributed by atoms with E-state index in [0.717, 1.165) is 5.69 Å². The zero-order valence-corrected chi connectivity index (χ0v) is 7.77. The second-order valence-electron chi connectivity index (χ2n) is 2.65. The lowest BCUT2D eigenvalue weighted by atomic mass is 10.4. The van der Waals surface area contributed by atoms with Crippen molar-refractivity contribution in [3.8, 4) is 0 Å². The molecule has 76 valence electrons. The van der Waals surface area contributed by atoms with Crippen molar-refractivity contribution < 1.29 is 4.52 Å². The average molecular weight is 196 g/mol. The Hall–Kier alpha value is -2.05. The summed E-state index contributed by atoms with van der Waals surface area (Å²) < 4.78 is 4.90. The number of aromatic nitrogens is 1. The summed E-state index contributed by atoms with van der Waals surface area (Å²) in [5.41, 5.74) is 16.4. The fraction of sp³-hybridized carbons (Fsp3) is 0.286. The van der Waals surface area contributed by atoms with Crippen LogP contribution in [-0.4, -0.2) is 17.1 Å². The van der Waals surface area contributed by atoms with E-state index in [1.165, 1.54) is 0 Å². The third-order valence-electron chi connectivity index (χ3n) is 1.32. The maximum absolute atomic E-state index is 5.37. The van der Waals surface area contributed by atoms with E-state index in [2.05, 4.69) is 15.1 Å². The molecule has 1 aromatic rings. The van der Waals surface area contributed by atoms with Crippen molar-refractivity contribution in [1.29, 1.82) is 0 Å². The first-order chi connectivity index (χ1) is 6.58. The maximum Gasteiger partial charge on any atom is 0.218 e. The summed E-state index contributed by atoms with van der Waals surface area (Å²) in [7, 11) is 0. The van der Waals surface area contributed by atoms with Crippen LogP contribution in [0, 0.1) is 6.92 Å². The molecular weight excluding hydrogens is 184 g/mol. The summed E-state index contributed by atoms with van der Waals surface area (Å²) in [6.07, 6.45) is 0. The van der Waals surface area contributed by atoms with E-state index < -0.39 is 0 Å². The van der Waals surface area contributed by atoms with Crippen molar-refractivity contribution in [1.82, 2.24) is 5.16 Å². The molecule has 0 bridgehead atoms. The number of rotatable bonds is 2. The van der Waals surface area contributed by atoms with E-state index in [-0.39, 0.29) is 18.5 Å². The van der Waals surface area contributed by atoms with Crippen LogP contribution < -0.4 is 17.2 Å². The zero-order chi connectivity index (χ0) is 10.6. The van der Waals surface area contributed by atoms with E-state index in [0.29, 0.717) is 5.76 Å². The Bertz CT molecular complexity index is 362. The molecule has 0 aliphatic heterocycles. The van der Waals surface area contributed by atoms with Gasteiger partial charge < -0.3 is 21.7 Å². The SMILES string of the molecule is Cc1cc(CN=C(N)N=C(N)N)on1. The molecule has 14 heavy (non-hydrogen) atoms. The second-order valence-corrected chi connectivity index (χ2v) is 2.65. The zero-order valence-electron chi connectivity index (χ0n) is 7.77. The third-order valence-corrected chi connectivity index (χ3v) is 1.32. The summed E-state index contributed by atoms with van der Waals surface area (Å²) in [6, 6.07) is 1.76. The van der Waals surface area contributed by atoms with Crippen LogP contribution in [0.4, 0.5) is 0 Å². The largest absolute Gasteiger partial charge is 0.370 e. The molecule has 0 saturated carbocycles. The minimum absolute atomic E-state index is 0.0130. The predicted octanol–water partition coefficient (Wildman–Crippen LogP) is -0.929. The van der Waals surface area contributed by atoms with Gasteiger partial charge in [0.2, 0.25) is 5.96 Å². The van der Waals surface area contributed by atoms with Crippen LogP contribution in [0.15, 0.2) is 20.6 Å². The molecule has 0 spiro atoms. The van der Waals surface area contributed by atoms with Crippen LogP contribution in [0.1, 0.15) is 11.5 Å². The molecule has 0 fully saturated rings. The molecular formula is C7H12N6O. The van der Waals surface area contributed by atoms with Gasteiger partial charge in [0.25, 0.3) is 0 Å². The van der Waals surface area contributed by atoms with Crippen molar-refractivity contribution in [3.63, 3.8) is 0 Å². The molecule has 7 nitrogen and oxygen atoms in total. The quantitative estimate of drug-likeness (QED) is 0.415. The predicted molar refractivity (Wildman–Crippen MR) is 52.4 cm³/mol. The Labute approximate surface area is 80.7 Å². The lowest BCUT2D eigenvalue weighted by Crippen LogP contribution is -2.26. The second kappa shape index (κ2) is 4.26. The molecule has 6 N–H and O–H groups in total. The molecule has 0 atom stereocenters. The molecule has 0 aliphatic carbocycles. The molecule has 0 amide bonds. The first-order valence-electron chi connectivity index (χ1n) is 3.89. The average Bonchev–Trinajstić information content (AvgIpc) is 2.47. The van der Waals surface area contributed by atoms with Crippen LogP contribution in [0.3, 0.4) is 0 Å². The van der Waals surface area contributed by atoms with Gasteiger partial charge in [-0.15, -0.1) is 0 Å². The minimum atomic E-state index is -0.125. The number of guanidine groups is 2. The van der Waals surface area contributed by atoms with Gasteiger partial charge in [-0.3, -0.25) is 0 Å². The highest BCUT2D eigenvalue weighted by Gasteiger charge is 1.98. The first kappa shape index (κ1) is 10.0. The Kier molecular flexibility index (Phi) is 3.05. The molecule has 0 unspecified atom stereocenters. The Morgan fingerprint density at radius 2 is 2.21 bits per heavy atom. The van der Waals surface area contributed by atoms with E-state index in [4.69, 9.17) is 21.7 Å². The van der Waals surface area contributed by atoms with E-state index in [9.17, 15) is 0 Å². The highest BCUT2D eigenvalue weighted by molar-refractivity contribution is 5.92. The van der Waals surface area contributed by atoms with Gasteiger partial charge in [-0.25, -0.2) is 4.99 Å². The normalized spacial score (nSPS) is 11.4. The number of aryl methyl sites for hydroxylation is 1. The standard InChI is InChI=1S/C7H12N6O/c1-4-2-5(14-13-4)3-11-7(10)12-6(8)9/h2H,3H2,1H3,(H6,8,9,10,11,12). The van der Waals surface area contributed by atoms with Gasteiger partial charge in [0.05, 0.1) is 5.69 Å². The van der Waals surface area contributed by atoms with Crippen molar-refractivity contribution in [2.45, 2.75) is 13.5 Å². The molecule has 1 rings (SSSR count). The topological polar surface area (TPSA) is 129 Å². The molecule has 0 aromatic carbocycles. The maximum atomic E-state index is 5.37. The Morgan fingerprint density at radius 1 is 1.50 bits per heavy atom. The molecule has 0 radical (unpaired) electrons. The summed E-state index contributed by atoms with van der Waals surface area (Å²) in [6.45, 7) is 2.08. The van der Waals surface area contributed by atoms with Gasteiger partial charge in [0.15, 0.2) is 11.7 Å². The summed E-state index contributed by atoms with van der Waals surface area (Å²) in [5.74, 6) is 0.496. The van der Waals surface area contributed by atoms with E-state index in [1.807, 2.05) is 6.92 Å². The third kappa shape index (κ3) is 3.13. The van der Waals surface area contributed by atoms with Crippen molar-refractivity contribution in [2.24, 2.45) is 27.2 Å². The Balaban J connectivity index is 2.59. The van der Waals surface area contributed by atoms with E-state index in [1.54, 1.807) is 6.07 Å². The highest BCUT2D eigenvalue weighted by atomic mass is 16.5. The molecule has 1 aromatic heterocycles. The van der Waals surface area contributed by atoms with Crippen LogP contribution >= 0.6 is 0 Å².